The van der Waals surface area contributed by atoms with E-state index in [1.54, 1.807) is 0 Å². The molecule has 14 heteroatoms. The fraction of sp³-hybridized carbons (Fsp3) is 0.882. The van der Waals surface area contributed by atoms with E-state index in [1.165, 1.54) is 0 Å². The normalized spacial score (nSPS) is 15.5. The number of unbranched alkanes of at least 4 members (excludes halogenated alkanes) is 6. The molecule has 0 nitrogen and oxygen atoms in total. The third-order valence-corrected chi connectivity index (χ3v) is 5.17. The molecule has 0 heterocycles. The average Bonchev–Trinajstić information content (AvgIpc) is 2.58. The highest BCUT2D eigenvalue weighted by atomic mass is 127. The molecule has 0 amide bonds. The number of hydrogen-bond donors (Lipinski definition) is 0. The maximum atomic E-state index is 13.7. The molecule has 0 aromatic rings. The second-order valence-electron chi connectivity index (χ2n) is 6.88. The van der Waals surface area contributed by atoms with Crippen molar-refractivity contribution >= 4 is 22.6 Å². The summed E-state index contributed by atoms with van der Waals surface area (Å²) in [5.41, 5.74) is 0. The van der Waals surface area contributed by atoms with Crippen LogP contribution in [0.25, 0.3) is 0 Å². The molecule has 0 radical (unpaired) electrons. The van der Waals surface area contributed by atoms with E-state index in [-0.39, 0.29) is 12.8 Å². The van der Waals surface area contributed by atoms with E-state index in [2.05, 4.69) is 0 Å². The molecule has 0 aromatic carbocycles. The molecule has 0 fully saturated rings. The maximum Gasteiger partial charge on any atom is 0.460 e. The minimum absolute atomic E-state index is 0.154. The van der Waals surface area contributed by atoms with E-state index < -0.39 is 45.4 Å². The Morgan fingerprint density at radius 3 is 1.39 bits per heavy atom. The lowest BCUT2D eigenvalue weighted by Gasteiger charge is -2.39. The van der Waals surface area contributed by atoms with Gasteiger partial charge in [-0.15, -0.1) is 0 Å². The summed E-state index contributed by atoms with van der Waals surface area (Å²) in [5, 5.41) is 0. The third kappa shape index (κ3) is 6.55. The van der Waals surface area contributed by atoms with Gasteiger partial charge in [-0.3, -0.25) is 0 Å². The average molecular weight is 598 g/mol. The van der Waals surface area contributed by atoms with E-state index in [9.17, 15) is 57.1 Å². The first-order valence-electron chi connectivity index (χ1n) is 9.03. The fourth-order valence-corrected chi connectivity index (χ4v) is 3.16. The molecule has 0 bridgehead atoms. The van der Waals surface area contributed by atoms with Gasteiger partial charge in [-0.25, -0.2) is 0 Å². The predicted molar refractivity (Wildman–Crippen MR) is 95.5 cm³/mol. The van der Waals surface area contributed by atoms with Gasteiger partial charge in [0, 0.05) is 6.08 Å². The monoisotopic (exact) mass is 598 g/mol. The van der Waals surface area contributed by atoms with Gasteiger partial charge in [0.05, 0.1) is 0 Å². The van der Waals surface area contributed by atoms with Gasteiger partial charge in [-0.2, -0.15) is 57.1 Å². The van der Waals surface area contributed by atoms with Crippen molar-refractivity contribution in [1.82, 2.24) is 0 Å². The quantitative estimate of drug-likeness (QED) is 0.113. The third-order valence-electron chi connectivity index (χ3n) is 4.31. The molecule has 0 saturated heterocycles. The minimum Gasteiger partial charge on any atom is -0.195 e. The molecule has 0 aromatic heterocycles. The lowest BCUT2D eigenvalue weighted by Crippen LogP contribution is -2.69. The van der Waals surface area contributed by atoms with Gasteiger partial charge in [-0.1, -0.05) is 45.4 Å². The molecule has 0 aliphatic rings. The van der Waals surface area contributed by atoms with Crippen molar-refractivity contribution in [3.05, 3.63) is 9.66 Å². The van der Waals surface area contributed by atoms with Gasteiger partial charge in [-0.05, 0) is 39.0 Å². The largest absolute Gasteiger partial charge is 0.460 e. The second-order valence-corrected chi connectivity index (χ2v) is 8.27. The predicted octanol–water partition coefficient (Wildman–Crippen LogP) is 9.18. The van der Waals surface area contributed by atoms with Gasteiger partial charge in [0.15, 0.2) is 0 Å². The number of halogens is 14. The molecular weight excluding hydrogens is 578 g/mol. The van der Waals surface area contributed by atoms with Crippen LogP contribution in [0.3, 0.4) is 0 Å². The van der Waals surface area contributed by atoms with E-state index in [1.807, 2.05) is 6.92 Å². The molecule has 0 rings (SSSR count). The Bertz CT molecular complexity index is 593. The minimum atomic E-state index is -7.86. The van der Waals surface area contributed by atoms with Crippen LogP contribution in [0.2, 0.25) is 0 Å². The molecule has 0 aliphatic carbocycles. The number of rotatable bonds is 13. The molecule has 0 aliphatic heterocycles. The molecule has 0 saturated carbocycles. The van der Waals surface area contributed by atoms with E-state index in [4.69, 9.17) is 0 Å². The lowest BCUT2D eigenvalue weighted by molar-refractivity contribution is -0.436. The highest BCUT2D eigenvalue weighted by Crippen LogP contribution is 2.60. The summed E-state index contributed by atoms with van der Waals surface area (Å²) in [7, 11) is 0. The lowest BCUT2D eigenvalue weighted by atomic mass is 9.93. The highest BCUT2D eigenvalue weighted by molar-refractivity contribution is 14.1. The van der Waals surface area contributed by atoms with Crippen LogP contribution in [-0.2, 0) is 0 Å². The van der Waals surface area contributed by atoms with Crippen LogP contribution in [0.15, 0.2) is 9.66 Å². The summed E-state index contributed by atoms with van der Waals surface area (Å²) in [4.78, 5) is 0. The summed E-state index contributed by atoms with van der Waals surface area (Å²) in [5.74, 6) is -36.7. The van der Waals surface area contributed by atoms with Crippen LogP contribution in [-0.4, -0.2) is 35.8 Å². The Morgan fingerprint density at radius 1 is 0.581 bits per heavy atom. The molecule has 31 heavy (non-hydrogen) atoms. The van der Waals surface area contributed by atoms with Crippen LogP contribution in [0, 0.1) is 0 Å². The molecular formula is C17H20F13I. The van der Waals surface area contributed by atoms with Crippen molar-refractivity contribution in [2.45, 2.75) is 94.1 Å². The Kier molecular flexibility index (Phi) is 10.5. The first-order chi connectivity index (χ1) is 13.7. The van der Waals surface area contributed by atoms with Crippen molar-refractivity contribution < 1.29 is 57.1 Å². The first kappa shape index (κ1) is 30.6. The summed E-state index contributed by atoms with van der Waals surface area (Å²) < 4.78 is 169. The Morgan fingerprint density at radius 2 is 0.968 bits per heavy atom. The SMILES string of the molecule is CCCCCCCCCC(I)=CC(F)(F)C(F)(F)C(F)(F)C(F)(F)C(F)(F)C(F)(F)F. The van der Waals surface area contributed by atoms with Gasteiger partial charge >= 0.3 is 35.8 Å². The summed E-state index contributed by atoms with van der Waals surface area (Å²) >= 11 is 1.05. The zero-order valence-electron chi connectivity index (χ0n) is 16.0. The Balaban J connectivity index is 5.50. The van der Waals surface area contributed by atoms with Gasteiger partial charge in [0.1, 0.15) is 0 Å². The van der Waals surface area contributed by atoms with Crippen molar-refractivity contribution in [3.63, 3.8) is 0 Å². The van der Waals surface area contributed by atoms with Gasteiger partial charge in [0.2, 0.25) is 0 Å². The zero-order chi connectivity index (χ0) is 24.9. The molecule has 186 valence electrons. The summed E-state index contributed by atoms with van der Waals surface area (Å²) in [6, 6.07) is 0. The van der Waals surface area contributed by atoms with Crippen LogP contribution < -0.4 is 0 Å². The van der Waals surface area contributed by atoms with Crippen molar-refractivity contribution in [3.8, 4) is 0 Å². The maximum absolute atomic E-state index is 13.7. The smallest absolute Gasteiger partial charge is 0.195 e. The molecule has 0 unspecified atom stereocenters. The standard InChI is InChI=1S/C17H20F13I/c1-2-3-4-5-6-7-8-9-11(31)10-12(18,19)13(20,21)14(22,23)15(24,25)16(26,27)17(28,29)30/h10H,2-9H2,1H3. The topological polar surface area (TPSA) is 0 Å². The Labute approximate surface area is 183 Å². The number of hydrogen-bond acceptors (Lipinski definition) is 0. The van der Waals surface area contributed by atoms with Crippen LogP contribution >= 0.6 is 22.6 Å². The zero-order valence-corrected chi connectivity index (χ0v) is 18.2. The van der Waals surface area contributed by atoms with E-state index in [0.717, 1.165) is 48.3 Å². The van der Waals surface area contributed by atoms with Crippen LogP contribution in [0.4, 0.5) is 57.1 Å². The molecule has 0 atom stereocenters. The fourth-order valence-electron chi connectivity index (χ4n) is 2.39. The molecule has 0 N–H and O–H groups in total. The summed E-state index contributed by atoms with van der Waals surface area (Å²) in [6.45, 7) is 1.97. The van der Waals surface area contributed by atoms with E-state index in [0.29, 0.717) is 12.8 Å². The first-order valence-corrected chi connectivity index (χ1v) is 10.1. The second kappa shape index (κ2) is 10.7. The van der Waals surface area contributed by atoms with Crippen molar-refractivity contribution in [2.24, 2.45) is 0 Å². The number of alkyl halides is 13. The van der Waals surface area contributed by atoms with Crippen LogP contribution in [0.1, 0.15) is 58.3 Å². The Hall–Kier alpha value is -0.440. The number of allylic oxidation sites excluding steroid dienone is 2. The van der Waals surface area contributed by atoms with Gasteiger partial charge < -0.3 is 0 Å². The van der Waals surface area contributed by atoms with Crippen LogP contribution in [0.5, 0.6) is 0 Å². The van der Waals surface area contributed by atoms with Gasteiger partial charge in [0.25, 0.3) is 0 Å². The molecule has 0 spiro atoms. The van der Waals surface area contributed by atoms with Crippen molar-refractivity contribution in [1.29, 1.82) is 0 Å². The highest BCUT2D eigenvalue weighted by Gasteiger charge is 2.90. The van der Waals surface area contributed by atoms with Crippen molar-refractivity contribution in [2.75, 3.05) is 0 Å². The summed E-state index contributed by atoms with van der Waals surface area (Å²) in [6.07, 6.45) is -3.65. The van der Waals surface area contributed by atoms with E-state index >= 15 is 0 Å².